The summed E-state index contributed by atoms with van der Waals surface area (Å²) in [5.74, 6) is 0.395. The molecule has 1 saturated carbocycles. The number of hydrogen-bond donors (Lipinski definition) is 2. The van der Waals surface area contributed by atoms with Gasteiger partial charge in [0, 0.05) is 18.1 Å². The van der Waals surface area contributed by atoms with Gasteiger partial charge in [-0.05, 0) is 31.6 Å². The fraction of sp³-hybridized carbons (Fsp3) is 0.700. The van der Waals surface area contributed by atoms with Crippen LogP contribution in [0.1, 0.15) is 25.7 Å². The Bertz CT molecular complexity index is 438. The number of halogens is 1. The van der Waals surface area contributed by atoms with E-state index >= 15 is 0 Å². The van der Waals surface area contributed by atoms with Crippen LogP contribution in [0.2, 0.25) is 0 Å². The van der Waals surface area contributed by atoms with Crippen LogP contribution in [0.25, 0.3) is 0 Å². The molecule has 0 aromatic carbocycles. The van der Waals surface area contributed by atoms with Gasteiger partial charge in [0.25, 0.3) is 0 Å². The molecule has 1 aliphatic carbocycles. The Kier molecular flexibility index (Phi) is 4.06. The maximum atomic E-state index is 11.8. The lowest BCUT2D eigenvalue weighted by Crippen LogP contribution is -2.31. The predicted octanol–water partition coefficient (Wildman–Crippen LogP) is 1.49. The molecule has 2 N–H and O–H groups in total. The number of alkyl halides is 1. The quantitative estimate of drug-likeness (QED) is 0.819. The zero-order chi connectivity index (χ0) is 12.3. The molecule has 0 amide bonds. The minimum absolute atomic E-state index is 0.184. The molecule has 1 fully saturated rings. The molecule has 1 aliphatic rings. The van der Waals surface area contributed by atoms with E-state index in [4.69, 9.17) is 11.6 Å². The molecule has 1 heterocycles. The lowest BCUT2D eigenvalue weighted by Gasteiger charge is -2.24. The Morgan fingerprint density at radius 3 is 2.71 bits per heavy atom. The number of aromatic nitrogens is 2. The fourth-order valence-corrected chi connectivity index (χ4v) is 3.30. The van der Waals surface area contributed by atoms with Gasteiger partial charge in [-0.15, -0.1) is 11.6 Å². The molecule has 1 aromatic rings. The number of nitrogens with zero attached hydrogens (tertiary/aromatic N) is 1. The van der Waals surface area contributed by atoms with Gasteiger partial charge in [0.1, 0.15) is 4.90 Å². The van der Waals surface area contributed by atoms with Crippen LogP contribution >= 0.6 is 11.6 Å². The lowest BCUT2D eigenvalue weighted by molar-refractivity contribution is 0.361. The first-order valence-electron chi connectivity index (χ1n) is 5.70. The minimum Gasteiger partial charge on any atom is -0.284 e. The van der Waals surface area contributed by atoms with Crippen LogP contribution in [-0.2, 0) is 10.0 Å². The van der Waals surface area contributed by atoms with Gasteiger partial charge in [0.15, 0.2) is 0 Å². The van der Waals surface area contributed by atoms with Crippen molar-refractivity contribution in [2.45, 2.75) is 36.0 Å². The van der Waals surface area contributed by atoms with Crippen molar-refractivity contribution in [2.75, 3.05) is 6.54 Å². The first kappa shape index (κ1) is 12.9. The van der Waals surface area contributed by atoms with Crippen LogP contribution in [0.4, 0.5) is 0 Å². The maximum Gasteiger partial charge on any atom is 0.243 e. The molecule has 0 unspecified atom stereocenters. The van der Waals surface area contributed by atoms with E-state index in [2.05, 4.69) is 14.9 Å². The zero-order valence-electron chi connectivity index (χ0n) is 9.39. The largest absolute Gasteiger partial charge is 0.284 e. The predicted molar refractivity (Wildman–Crippen MR) is 65.4 cm³/mol. The SMILES string of the molecule is O=S(=O)(NCC1CCC(Cl)CC1)c1cn[nH]c1. The van der Waals surface area contributed by atoms with Gasteiger partial charge in [-0.3, -0.25) is 5.10 Å². The third-order valence-electron chi connectivity index (χ3n) is 3.12. The van der Waals surface area contributed by atoms with Crippen LogP contribution in [0, 0.1) is 5.92 Å². The third kappa shape index (κ3) is 3.43. The van der Waals surface area contributed by atoms with Gasteiger partial charge in [0.05, 0.1) is 6.20 Å². The van der Waals surface area contributed by atoms with E-state index in [1.54, 1.807) is 0 Å². The summed E-state index contributed by atoms with van der Waals surface area (Å²) >= 11 is 6.00. The number of nitrogens with one attached hydrogen (secondary N) is 2. The Hall–Kier alpha value is -0.590. The number of sulfonamides is 1. The molecule has 2 rings (SSSR count). The highest BCUT2D eigenvalue weighted by atomic mass is 35.5. The molecule has 0 aliphatic heterocycles. The molecule has 0 atom stereocenters. The molecule has 96 valence electrons. The van der Waals surface area contributed by atoms with Crippen molar-refractivity contribution in [3.63, 3.8) is 0 Å². The number of H-pyrrole nitrogens is 1. The Labute approximate surface area is 106 Å². The first-order chi connectivity index (χ1) is 8.08. The van der Waals surface area contributed by atoms with E-state index in [1.165, 1.54) is 12.4 Å². The average molecular weight is 278 g/mol. The van der Waals surface area contributed by atoms with Crippen molar-refractivity contribution in [3.05, 3.63) is 12.4 Å². The molecule has 0 spiro atoms. The summed E-state index contributed by atoms with van der Waals surface area (Å²) in [6.07, 6.45) is 6.60. The van der Waals surface area contributed by atoms with Crippen LogP contribution in [0.15, 0.2) is 17.3 Å². The number of hydrogen-bond acceptors (Lipinski definition) is 3. The normalized spacial score (nSPS) is 25.9. The number of aromatic amines is 1. The second kappa shape index (κ2) is 5.37. The van der Waals surface area contributed by atoms with Gasteiger partial charge in [-0.1, -0.05) is 0 Å². The van der Waals surface area contributed by atoms with E-state index < -0.39 is 10.0 Å². The van der Waals surface area contributed by atoms with Crippen molar-refractivity contribution >= 4 is 21.6 Å². The van der Waals surface area contributed by atoms with Crippen molar-refractivity contribution < 1.29 is 8.42 Å². The van der Waals surface area contributed by atoms with Crippen molar-refractivity contribution in [1.82, 2.24) is 14.9 Å². The molecular formula is C10H16ClN3O2S. The molecule has 7 heteroatoms. The molecule has 0 saturated heterocycles. The lowest BCUT2D eigenvalue weighted by atomic mass is 9.89. The monoisotopic (exact) mass is 277 g/mol. The van der Waals surface area contributed by atoms with Gasteiger partial charge in [-0.2, -0.15) is 5.10 Å². The highest BCUT2D eigenvalue weighted by molar-refractivity contribution is 7.89. The molecule has 0 radical (unpaired) electrons. The van der Waals surface area contributed by atoms with Crippen molar-refractivity contribution in [1.29, 1.82) is 0 Å². The summed E-state index contributed by atoms with van der Waals surface area (Å²) in [5.41, 5.74) is 0. The topological polar surface area (TPSA) is 74.8 Å². The highest BCUT2D eigenvalue weighted by Gasteiger charge is 2.22. The van der Waals surface area contributed by atoms with Gasteiger partial charge >= 0.3 is 0 Å². The summed E-state index contributed by atoms with van der Waals surface area (Å²) in [7, 11) is -3.41. The highest BCUT2D eigenvalue weighted by Crippen LogP contribution is 2.27. The summed E-state index contributed by atoms with van der Waals surface area (Å²) in [5, 5.41) is 6.39. The molecule has 1 aromatic heterocycles. The Balaban J connectivity index is 1.86. The van der Waals surface area contributed by atoms with Gasteiger partial charge in [-0.25, -0.2) is 13.1 Å². The van der Waals surface area contributed by atoms with Crippen LogP contribution in [-0.4, -0.2) is 30.5 Å². The summed E-state index contributed by atoms with van der Waals surface area (Å²) in [4.78, 5) is 0.184. The van der Waals surface area contributed by atoms with E-state index in [0.29, 0.717) is 12.5 Å². The third-order valence-corrected chi connectivity index (χ3v) is 4.95. The van der Waals surface area contributed by atoms with E-state index in [-0.39, 0.29) is 10.3 Å². The molecule has 5 nitrogen and oxygen atoms in total. The summed E-state index contributed by atoms with van der Waals surface area (Å²) < 4.78 is 26.2. The molecular weight excluding hydrogens is 262 g/mol. The Morgan fingerprint density at radius 2 is 2.12 bits per heavy atom. The van der Waals surface area contributed by atoms with Crippen LogP contribution in [0.3, 0.4) is 0 Å². The second-order valence-electron chi connectivity index (χ2n) is 4.40. The summed E-state index contributed by atoms with van der Waals surface area (Å²) in [6.45, 7) is 0.483. The number of rotatable bonds is 4. The minimum atomic E-state index is -3.41. The summed E-state index contributed by atoms with van der Waals surface area (Å²) in [6, 6.07) is 0. The fourth-order valence-electron chi connectivity index (χ4n) is 2.02. The van der Waals surface area contributed by atoms with Crippen LogP contribution < -0.4 is 4.72 Å². The smallest absolute Gasteiger partial charge is 0.243 e. The van der Waals surface area contributed by atoms with E-state index in [1.807, 2.05) is 0 Å². The molecule has 17 heavy (non-hydrogen) atoms. The second-order valence-corrected chi connectivity index (χ2v) is 6.79. The van der Waals surface area contributed by atoms with Crippen molar-refractivity contribution in [3.8, 4) is 0 Å². The standard InChI is InChI=1S/C10H16ClN3O2S/c11-9-3-1-8(2-4-9)5-14-17(15,16)10-6-12-13-7-10/h6-9,14H,1-5H2,(H,12,13). The Morgan fingerprint density at radius 1 is 1.41 bits per heavy atom. The van der Waals surface area contributed by atoms with Gasteiger partial charge in [0.2, 0.25) is 10.0 Å². The zero-order valence-corrected chi connectivity index (χ0v) is 11.0. The molecule has 0 bridgehead atoms. The van der Waals surface area contributed by atoms with E-state index in [9.17, 15) is 8.42 Å². The van der Waals surface area contributed by atoms with E-state index in [0.717, 1.165) is 25.7 Å². The first-order valence-corrected chi connectivity index (χ1v) is 7.62. The maximum absolute atomic E-state index is 11.8. The van der Waals surface area contributed by atoms with Gasteiger partial charge < -0.3 is 0 Å². The average Bonchev–Trinajstić information content (AvgIpc) is 2.82. The van der Waals surface area contributed by atoms with Crippen LogP contribution in [0.5, 0.6) is 0 Å². The van der Waals surface area contributed by atoms with Crippen molar-refractivity contribution in [2.24, 2.45) is 5.92 Å².